The molecule has 1 nitrogen and oxygen atoms in total. The van der Waals surface area contributed by atoms with Gasteiger partial charge in [0.2, 0.25) is 0 Å². The minimum absolute atomic E-state index is 0.828. The Hall–Kier alpha value is -0.600. The van der Waals surface area contributed by atoms with Gasteiger partial charge in [0, 0.05) is 13.7 Å². The molecule has 0 saturated carbocycles. The molecule has 2 aromatic rings. The fourth-order valence-electron chi connectivity index (χ4n) is 1.41. The number of thiophene rings is 1. The van der Waals surface area contributed by atoms with Crippen molar-refractivity contribution < 1.29 is 0 Å². The first-order valence-electron chi connectivity index (χ1n) is 4.37. The molecule has 2 rings (SSSR count). The Kier molecular flexibility index (Phi) is 2.75. The number of aryl methyl sites for hydroxylation is 1. The highest BCUT2D eigenvalue weighted by Crippen LogP contribution is 2.32. The monoisotopic (exact) mass is 313 g/mol. The van der Waals surface area contributed by atoms with Gasteiger partial charge in [-0.2, -0.15) is 5.26 Å². The Balaban J connectivity index is 2.76. The SMILES string of the molecule is CCc1ccc2sc(C#N)c(I)c2c1. The molecule has 0 saturated heterocycles. The predicted molar refractivity (Wildman–Crippen MR) is 68.6 cm³/mol. The molecule has 0 spiro atoms. The van der Waals surface area contributed by atoms with Crippen molar-refractivity contribution in [2.24, 2.45) is 0 Å². The summed E-state index contributed by atoms with van der Waals surface area (Å²) in [6, 6.07) is 8.67. The Morgan fingerprint density at radius 3 is 2.93 bits per heavy atom. The Labute approximate surface area is 101 Å². The summed E-state index contributed by atoms with van der Waals surface area (Å²) in [6.07, 6.45) is 1.05. The fourth-order valence-corrected chi connectivity index (χ4v) is 3.36. The first-order valence-corrected chi connectivity index (χ1v) is 6.26. The number of hydrogen-bond acceptors (Lipinski definition) is 2. The average molecular weight is 313 g/mol. The van der Waals surface area contributed by atoms with Crippen LogP contribution < -0.4 is 0 Å². The van der Waals surface area contributed by atoms with Gasteiger partial charge in [0.1, 0.15) is 10.9 Å². The molecule has 0 unspecified atom stereocenters. The molecule has 0 atom stereocenters. The summed E-state index contributed by atoms with van der Waals surface area (Å²) in [4.78, 5) is 0.828. The molecular formula is C11H8INS. The molecule has 0 amide bonds. The molecule has 0 N–H and O–H groups in total. The lowest BCUT2D eigenvalue weighted by atomic mass is 10.1. The average Bonchev–Trinajstić information content (AvgIpc) is 2.55. The van der Waals surface area contributed by atoms with Gasteiger partial charge in [-0.25, -0.2) is 0 Å². The molecule has 70 valence electrons. The summed E-state index contributed by atoms with van der Waals surface area (Å²) in [6.45, 7) is 2.14. The molecule has 0 bridgehead atoms. The third-order valence-corrected chi connectivity index (χ3v) is 4.76. The molecule has 0 aliphatic rings. The summed E-state index contributed by atoms with van der Waals surface area (Å²) < 4.78 is 2.31. The van der Waals surface area contributed by atoms with E-state index in [0.29, 0.717) is 0 Å². The molecule has 3 heteroatoms. The molecule has 1 aromatic heterocycles. The normalized spacial score (nSPS) is 10.4. The molecule has 0 aliphatic carbocycles. The second kappa shape index (κ2) is 3.87. The molecule has 0 aliphatic heterocycles. The van der Waals surface area contributed by atoms with E-state index in [0.717, 1.165) is 14.9 Å². The van der Waals surface area contributed by atoms with Gasteiger partial charge in [-0.3, -0.25) is 0 Å². The van der Waals surface area contributed by atoms with Gasteiger partial charge >= 0.3 is 0 Å². The van der Waals surface area contributed by atoms with Crippen molar-refractivity contribution in [2.75, 3.05) is 0 Å². The van der Waals surface area contributed by atoms with E-state index in [-0.39, 0.29) is 0 Å². The van der Waals surface area contributed by atoms with Crippen molar-refractivity contribution in [3.05, 3.63) is 32.2 Å². The summed E-state index contributed by atoms with van der Waals surface area (Å²) in [7, 11) is 0. The smallest absolute Gasteiger partial charge is 0.119 e. The van der Waals surface area contributed by atoms with Crippen LogP contribution in [0.1, 0.15) is 17.4 Å². The zero-order chi connectivity index (χ0) is 10.1. The summed E-state index contributed by atoms with van der Waals surface area (Å²) >= 11 is 3.83. The molecule has 0 radical (unpaired) electrons. The second-order valence-electron chi connectivity index (χ2n) is 3.04. The van der Waals surface area contributed by atoms with Crippen LogP contribution in [0.2, 0.25) is 0 Å². The molecule has 1 aromatic carbocycles. The Morgan fingerprint density at radius 1 is 1.50 bits per heavy atom. The lowest BCUT2D eigenvalue weighted by molar-refractivity contribution is 1.15. The summed E-state index contributed by atoms with van der Waals surface area (Å²) in [5, 5.41) is 10.1. The highest BCUT2D eigenvalue weighted by molar-refractivity contribution is 14.1. The van der Waals surface area contributed by atoms with E-state index in [1.165, 1.54) is 15.6 Å². The van der Waals surface area contributed by atoms with Gasteiger partial charge in [0.05, 0.1) is 0 Å². The van der Waals surface area contributed by atoms with Gasteiger partial charge in [-0.1, -0.05) is 13.0 Å². The van der Waals surface area contributed by atoms with Gasteiger partial charge < -0.3 is 0 Å². The van der Waals surface area contributed by atoms with Crippen LogP contribution in [0.25, 0.3) is 10.1 Å². The number of benzene rings is 1. The van der Waals surface area contributed by atoms with Crippen LogP contribution in [-0.4, -0.2) is 0 Å². The van der Waals surface area contributed by atoms with Crippen LogP contribution in [0.15, 0.2) is 18.2 Å². The predicted octanol–water partition coefficient (Wildman–Crippen LogP) is 3.94. The van der Waals surface area contributed by atoms with Crippen LogP contribution in [0, 0.1) is 14.9 Å². The molecule has 1 heterocycles. The van der Waals surface area contributed by atoms with Gasteiger partial charge in [0.15, 0.2) is 0 Å². The maximum Gasteiger partial charge on any atom is 0.119 e. The van der Waals surface area contributed by atoms with E-state index < -0.39 is 0 Å². The summed E-state index contributed by atoms with van der Waals surface area (Å²) in [5.74, 6) is 0. The first-order chi connectivity index (χ1) is 6.76. The van der Waals surface area contributed by atoms with E-state index in [1.54, 1.807) is 11.3 Å². The number of nitrogens with zero attached hydrogens (tertiary/aromatic N) is 1. The zero-order valence-corrected chi connectivity index (χ0v) is 10.6. The second-order valence-corrected chi connectivity index (χ2v) is 5.17. The van der Waals surface area contributed by atoms with Gasteiger partial charge in [0.25, 0.3) is 0 Å². The number of halogens is 1. The highest BCUT2D eigenvalue weighted by atomic mass is 127. The largest absolute Gasteiger partial charge is 0.191 e. The minimum Gasteiger partial charge on any atom is -0.191 e. The van der Waals surface area contributed by atoms with E-state index in [1.807, 2.05) is 0 Å². The molecule has 0 fully saturated rings. The van der Waals surface area contributed by atoms with Crippen LogP contribution in [0.4, 0.5) is 0 Å². The van der Waals surface area contributed by atoms with Crippen LogP contribution in [0.3, 0.4) is 0 Å². The van der Waals surface area contributed by atoms with E-state index in [4.69, 9.17) is 5.26 Å². The highest BCUT2D eigenvalue weighted by Gasteiger charge is 2.08. The number of fused-ring (bicyclic) bond motifs is 1. The van der Waals surface area contributed by atoms with E-state index in [9.17, 15) is 0 Å². The Morgan fingerprint density at radius 2 is 2.29 bits per heavy atom. The van der Waals surface area contributed by atoms with Crippen molar-refractivity contribution in [1.82, 2.24) is 0 Å². The standard InChI is InChI=1S/C11H8INS/c1-2-7-3-4-9-8(5-7)11(12)10(6-13)14-9/h3-5H,2H2,1H3. The van der Waals surface area contributed by atoms with E-state index >= 15 is 0 Å². The van der Waals surface area contributed by atoms with Crippen LogP contribution in [0.5, 0.6) is 0 Å². The number of hydrogen-bond donors (Lipinski definition) is 0. The van der Waals surface area contributed by atoms with Gasteiger partial charge in [-0.05, 0) is 46.7 Å². The van der Waals surface area contributed by atoms with Crippen LogP contribution >= 0.6 is 33.9 Å². The maximum atomic E-state index is 8.90. The topological polar surface area (TPSA) is 23.8 Å². The van der Waals surface area contributed by atoms with Crippen molar-refractivity contribution in [1.29, 1.82) is 5.26 Å². The lowest BCUT2D eigenvalue weighted by Gasteiger charge is -1.96. The fraction of sp³-hybridized carbons (Fsp3) is 0.182. The van der Waals surface area contributed by atoms with E-state index in [2.05, 4.69) is 53.8 Å². The Bertz CT molecular complexity index is 522. The number of rotatable bonds is 1. The van der Waals surface area contributed by atoms with Crippen molar-refractivity contribution in [3.8, 4) is 6.07 Å². The minimum atomic E-state index is 0.828. The number of nitriles is 1. The third kappa shape index (κ3) is 1.53. The van der Waals surface area contributed by atoms with Crippen molar-refractivity contribution in [2.45, 2.75) is 13.3 Å². The maximum absolute atomic E-state index is 8.90. The van der Waals surface area contributed by atoms with Crippen molar-refractivity contribution >= 4 is 44.0 Å². The molecular weight excluding hydrogens is 305 g/mol. The first kappa shape index (κ1) is 9.94. The van der Waals surface area contributed by atoms with Crippen molar-refractivity contribution in [3.63, 3.8) is 0 Å². The lowest BCUT2D eigenvalue weighted by Crippen LogP contribution is -1.78. The quantitative estimate of drug-likeness (QED) is 0.732. The van der Waals surface area contributed by atoms with Gasteiger partial charge in [-0.15, -0.1) is 11.3 Å². The van der Waals surface area contributed by atoms with Crippen LogP contribution in [-0.2, 0) is 6.42 Å². The zero-order valence-electron chi connectivity index (χ0n) is 7.67. The molecule has 14 heavy (non-hydrogen) atoms. The third-order valence-electron chi connectivity index (χ3n) is 2.20. The summed E-state index contributed by atoms with van der Waals surface area (Å²) in [5.41, 5.74) is 1.33.